The summed E-state index contributed by atoms with van der Waals surface area (Å²) >= 11 is 0. The predicted octanol–water partition coefficient (Wildman–Crippen LogP) is 3.81. The van der Waals surface area contributed by atoms with E-state index >= 15 is 0 Å². The highest BCUT2D eigenvalue weighted by Gasteiger charge is 2.40. The van der Waals surface area contributed by atoms with Gasteiger partial charge in [-0.1, -0.05) is 55.3 Å². The molecule has 3 rings (SSSR count). The fraction of sp³-hybridized carbons (Fsp3) is 0.389. The van der Waals surface area contributed by atoms with Gasteiger partial charge in [-0.2, -0.15) is 0 Å². The van der Waals surface area contributed by atoms with E-state index in [0.29, 0.717) is 6.42 Å². The standard InChI is InChI=1S/C18H20O3/c19-17(20)18(21-16-8-4-5-9-16)12-10-15(11-13-18)14-6-2-1-3-7-14/h1-3,6-7,10-12,16H,4-5,8-9,13H2,(H,19,20). The van der Waals surface area contributed by atoms with E-state index in [2.05, 4.69) is 0 Å². The number of hydrogen-bond donors (Lipinski definition) is 1. The average molecular weight is 284 g/mol. The van der Waals surface area contributed by atoms with E-state index in [4.69, 9.17) is 4.74 Å². The van der Waals surface area contributed by atoms with Gasteiger partial charge in [-0.3, -0.25) is 0 Å². The molecule has 1 saturated carbocycles. The second-order valence-corrected chi connectivity index (χ2v) is 5.78. The van der Waals surface area contributed by atoms with Crippen molar-refractivity contribution in [1.82, 2.24) is 0 Å². The van der Waals surface area contributed by atoms with Crippen LogP contribution in [0, 0.1) is 0 Å². The highest BCUT2D eigenvalue weighted by atomic mass is 16.5. The van der Waals surface area contributed by atoms with Gasteiger partial charge < -0.3 is 9.84 Å². The first-order valence-corrected chi connectivity index (χ1v) is 7.56. The predicted molar refractivity (Wildman–Crippen MR) is 81.9 cm³/mol. The largest absolute Gasteiger partial charge is 0.479 e. The molecule has 0 aliphatic heterocycles. The van der Waals surface area contributed by atoms with Crippen molar-refractivity contribution in [2.75, 3.05) is 0 Å². The lowest BCUT2D eigenvalue weighted by molar-refractivity contribution is -0.165. The number of ether oxygens (including phenoxy) is 1. The van der Waals surface area contributed by atoms with Gasteiger partial charge in [0.1, 0.15) is 0 Å². The Balaban J connectivity index is 1.78. The van der Waals surface area contributed by atoms with Crippen LogP contribution in [-0.2, 0) is 9.53 Å². The topological polar surface area (TPSA) is 46.5 Å². The molecule has 1 N–H and O–H groups in total. The Hall–Kier alpha value is -1.87. The van der Waals surface area contributed by atoms with E-state index in [1.807, 2.05) is 42.5 Å². The van der Waals surface area contributed by atoms with Gasteiger partial charge in [0.15, 0.2) is 5.60 Å². The molecule has 0 radical (unpaired) electrons. The summed E-state index contributed by atoms with van der Waals surface area (Å²) < 4.78 is 5.95. The second-order valence-electron chi connectivity index (χ2n) is 5.78. The molecule has 0 bridgehead atoms. The highest BCUT2D eigenvalue weighted by Crippen LogP contribution is 2.34. The number of rotatable bonds is 4. The molecule has 1 aromatic carbocycles. The zero-order chi connectivity index (χ0) is 14.7. The molecule has 1 fully saturated rings. The minimum Gasteiger partial charge on any atom is -0.479 e. The van der Waals surface area contributed by atoms with E-state index in [9.17, 15) is 9.90 Å². The van der Waals surface area contributed by atoms with Crippen LogP contribution in [0.15, 0.2) is 48.6 Å². The fourth-order valence-electron chi connectivity index (χ4n) is 3.07. The van der Waals surface area contributed by atoms with Crippen LogP contribution in [0.4, 0.5) is 0 Å². The quantitative estimate of drug-likeness (QED) is 0.914. The molecule has 21 heavy (non-hydrogen) atoms. The minimum atomic E-state index is -1.19. The van der Waals surface area contributed by atoms with Crippen LogP contribution in [-0.4, -0.2) is 22.8 Å². The Kier molecular flexibility index (Phi) is 3.93. The first-order chi connectivity index (χ1) is 10.2. The minimum absolute atomic E-state index is 0.0809. The van der Waals surface area contributed by atoms with Crippen LogP contribution in [0.25, 0.3) is 5.57 Å². The molecule has 1 unspecified atom stereocenters. The molecule has 0 spiro atoms. The van der Waals surface area contributed by atoms with Crippen LogP contribution in [0.5, 0.6) is 0 Å². The van der Waals surface area contributed by atoms with Crippen LogP contribution in [0.3, 0.4) is 0 Å². The lowest BCUT2D eigenvalue weighted by Gasteiger charge is -2.31. The Morgan fingerprint density at radius 3 is 2.48 bits per heavy atom. The molecular formula is C18H20O3. The van der Waals surface area contributed by atoms with Gasteiger partial charge in [0.2, 0.25) is 0 Å². The summed E-state index contributed by atoms with van der Waals surface area (Å²) in [5, 5.41) is 9.60. The van der Waals surface area contributed by atoms with Crippen molar-refractivity contribution in [3.8, 4) is 0 Å². The van der Waals surface area contributed by atoms with Gasteiger partial charge in [0.05, 0.1) is 6.10 Å². The third-order valence-corrected chi connectivity index (χ3v) is 4.31. The summed E-state index contributed by atoms with van der Waals surface area (Å²) in [5.74, 6) is -0.894. The Labute approximate surface area is 124 Å². The molecule has 110 valence electrons. The van der Waals surface area contributed by atoms with E-state index < -0.39 is 11.6 Å². The maximum Gasteiger partial charge on any atom is 0.340 e. The van der Waals surface area contributed by atoms with Crippen molar-refractivity contribution in [1.29, 1.82) is 0 Å². The van der Waals surface area contributed by atoms with Gasteiger partial charge in [-0.15, -0.1) is 0 Å². The number of carboxylic acid groups (broad SMARTS) is 1. The van der Waals surface area contributed by atoms with Crippen molar-refractivity contribution >= 4 is 11.5 Å². The molecule has 0 aromatic heterocycles. The maximum absolute atomic E-state index is 11.7. The lowest BCUT2D eigenvalue weighted by atomic mass is 9.89. The van der Waals surface area contributed by atoms with Gasteiger partial charge >= 0.3 is 5.97 Å². The Bertz CT molecular complexity index is 567. The highest BCUT2D eigenvalue weighted by molar-refractivity contribution is 5.85. The van der Waals surface area contributed by atoms with Crippen LogP contribution in [0.1, 0.15) is 37.7 Å². The summed E-state index contributed by atoms with van der Waals surface area (Å²) in [7, 11) is 0. The summed E-state index contributed by atoms with van der Waals surface area (Å²) in [4.78, 5) is 11.7. The maximum atomic E-state index is 11.7. The smallest absolute Gasteiger partial charge is 0.340 e. The second kappa shape index (κ2) is 5.86. The number of allylic oxidation sites excluding steroid dienone is 2. The van der Waals surface area contributed by atoms with E-state index in [1.165, 1.54) is 0 Å². The molecule has 1 aromatic rings. The van der Waals surface area contributed by atoms with Gasteiger partial charge in [-0.05, 0) is 30.1 Å². The van der Waals surface area contributed by atoms with Gasteiger partial charge in [0.25, 0.3) is 0 Å². The molecular weight excluding hydrogens is 264 g/mol. The lowest BCUT2D eigenvalue weighted by Crippen LogP contribution is -2.42. The van der Waals surface area contributed by atoms with E-state index in [1.54, 1.807) is 6.08 Å². The normalized spacial score (nSPS) is 25.8. The van der Waals surface area contributed by atoms with Crippen molar-refractivity contribution < 1.29 is 14.6 Å². The van der Waals surface area contributed by atoms with E-state index in [0.717, 1.165) is 36.8 Å². The molecule has 1 atom stereocenters. The van der Waals surface area contributed by atoms with Crippen molar-refractivity contribution in [3.63, 3.8) is 0 Å². The van der Waals surface area contributed by atoms with Crippen LogP contribution < -0.4 is 0 Å². The number of aliphatic carboxylic acids is 1. The third-order valence-electron chi connectivity index (χ3n) is 4.31. The third kappa shape index (κ3) is 2.93. The Morgan fingerprint density at radius 2 is 1.90 bits per heavy atom. The van der Waals surface area contributed by atoms with Crippen molar-refractivity contribution in [2.24, 2.45) is 0 Å². The molecule has 0 saturated heterocycles. The van der Waals surface area contributed by atoms with Crippen molar-refractivity contribution in [3.05, 3.63) is 54.1 Å². The van der Waals surface area contributed by atoms with Crippen LogP contribution >= 0.6 is 0 Å². The average Bonchev–Trinajstić information content (AvgIpc) is 3.01. The van der Waals surface area contributed by atoms with E-state index in [-0.39, 0.29) is 6.10 Å². The number of carboxylic acids is 1. The number of carbonyl (C=O) groups is 1. The monoisotopic (exact) mass is 284 g/mol. The first-order valence-electron chi connectivity index (χ1n) is 7.56. The summed E-state index contributed by atoms with van der Waals surface area (Å²) in [6.07, 6.45) is 10.2. The van der Waals surface area contributed by atoms with Gasteiger partial charge in [0, 0.05) is 6.42 Å². The van der Waals surface area contributed by atoms with Gasteiger partial charge in [-0.25, -0.2) is 4.79 Å². The summed E-state index contributed by atoms with van der Waals surface area (Å²) in [5.41, 5.74) is 0.976. The number of hydrogen-bond acceptors (Lipinski definition) is 2. The molecule has 2 aliphatic carbocycles. The first kappa shape index (κ1) is 14.1. The summed E-state index contributed by atoms with van der Waals surface area (Å²) in [6.45, 7) is 0. The zero-order valence-corrected chi connectivity index (χ0v) is 12.0. The number of benzene rings is 1. The molecule has 0 amide bonds. The SMILES string of the molecule is O=C(O)C1(OC2CCCC2)C=CC(c2ccccc2)=CC1. The van der Waals surface area contributed by atoms with Crippen molar-refractivity contribution in [2.45, 2.75) is 43.8 Å². The fourth-order valence-corrected chi connectivity index (χ4v) is 3.07. The zero-order valence-electron chi connectivity index (χ0n) is 12.0. The molecule has 3 heteroatoms. The summed E-state index contributed by atoms with van der Waals surface area (Å²) in [6, 6.07) is 10.0. The molecule has 2 aliphatic rings. The Morgan fingerprint density at radius 1 is 1.19 bits per heavy atom. The molecule has 3 nitrogen and oxygen atoms in total. The molecule has 0 heterocycles. The van der Waals surface area contributed by atoms with Crippen LogP contribution in [0.2, 0.25) is 0 Å².